The summed E-state index contributed by atoms with van der Waals surface area (Å²) in [5, 5.41) is 4.51. The van der Waals surface area contributed by atoms with Gasteiger partial charge in [0.1, 0.15) is 6.29 Å². The van der Waals surface area contributed by atoms with Gasteiger partial charge in [-0.05, 0) is 19.4 Å². The number of hydrogen-bond donors (Lipinski definition) is 2. The number of urea groups is 1. The van der Waals surface area contributed by atoms with Crippen LogP contribution in [0, 0.1) is 0 Å². The van der Waals surface area contributed by atoms with Crippen LogP contribution in [-0.4, -0.2) is 49.3 Å². The van der Waals surface area contributed by atoms with E-state index in [2.05, 4.69) is 10.6 Å². The van der Waals surface area contributed by atoms with E-state index in [4.69, 9.17) is 0 Å². The molecule has 1 fully saturated rings. The molecule has 6 heteroatoms. The summed E-state index contributed by atoms with van der Waals surface area (Å²) < 4.78 is 0. The van der Waals surface area contributed by atoms with Crippen molar-refractivity contribution in [2.75, 3.05) is 20.1 Å². The minimum atomic E-state index is -0.499. The first-order chi connectivity index (χ1) is 8.17. The van der Waals surface area contributed by atoms with Crippen LogP contribution in [-0.2, 0) is 9.59 Å². The minimum absolute atomic E-state index is 0.0726. The molecule has 17 heavy (non-hydrogen) atoms. The van der Waals surface area contributed by atoms with Crippen molar-refractivity contribution < 1.29 is 14.4 Å². The lowest BCUT2D eigenvalue weighted by Gasteiger charge is -2.31. The molecule has 2 N–H and O–H groups in total. The number of aldehydes is 1. The molecule has 0 aromatic heterocycles. The molecule has 1 heterocycles. The predicted molar refractivity (Wildman–Crippen MR) is 62.5 cm³/mol. The highest BCUT2D eigenvalue weighted by molar-refractivity contribution is 5.94. The highest BCUT2D eigenvalue weighted by Crippen LogP contribution is 2.15. The lowest BCUT2D eigenvalue weighted by molar-refractivity contribution is -0.121. The summed E-state index contributed by atoms with van der Waals surface area (Å²) in [6.45, 7) is 1.36. The Morgan fingerprint density at radius 3 is 2.82 bits per heavy atom. The van der Waals surface area contributed by atoms with Crippen molar-refractivity contribution in [3.63, 3.8) is 0 Å². The summed E-state index contributed by atoms with van der Waals surface area (Å²) in [7, 11) is 1.45. The zero-order chi connectivity index (χ0) is 12.7. The van der Waals surface area contributed by atoms with E-state index in [-0.39, 0.29) is 18.4 Å². The van der Waals surface area contributed by atoms with E-state index in [0.29, 0.717) is 6.54 Å². The van der Waals surface area contributed by atoms with E-state index in [1.165, 1.54) is 7.05 Å². The van der Waals surface area contributed by atoms with Crippen LogP contribution in [0.5, 0.6) is 0 Å². The molecular weight excluding hydrogens is 222 g/mol. The number of amides is 3. The molecule has 1 aliphatic rings. The summed E-state index contributed by atoms with van der Waals surface area (Å²) in [6, 6.07) is -0.572. The Hall–Kier alpha value is -1.43. The molecule has 1 atom stereocenters. The molecule has 3 amide bonds. The number of nitrogens with one attached hydrogen (secondary N) is 2. The highest BCUT2D eigenvalue weighted by Gasteiger charge is 2.22. The topological polar surface area (TPSA) is 78.5 Å². The van der Waals surface area contributed by atoms with Crippen LogP contribution in [0.3, 0.4) is 0 Å². The maximum Gasteiger partial charge on any atom is 0.321 e. The zero-order valence-corrected chi connectivity index (χ0v) is 10.1. The van der Waals surface area contributed by atoms with Crippen molar-refractivity contribution in [2.45, 2.75) is 31.7 Å². The largest absolute Gasteiger partial charge is 0.341 e. The van der Waals surface area contributed by atoms with E-state index in [0.717, 1.165) is 32.1 Å². The first kappa shape index (κ1) is 13.6. The Balaban J connectivity index is 2.30. The summed E-state index contributed by atoms with van der Waals surface area (Å²) in [4.78, 5) is 35.1. The van der Waals surface area contributed by atoms with E-state index < -0.39 is 6.03 Å². The maximum atomic E-state index is 11.4. The van der Waals surface area contributed by atoms with Gasteiger partial charge in [-0.2, -0.15) is 0 Å². The number of carbonyl (C=O) groups excluding carboxylic acids is 3. The van der Waals surface area contributed by atoms with E-state index in [9.17, 15) is 14.4 Å². The lowest BCUT2D eigenvalue weighted by Crippen LogP contribution is -2.44. The number of imide groups is 1. The molecule has 96 valence electrons. The van der Waals surface area contributed by atoms with Gasteiger partial charge in [-0.3, -0.25) is 15.0 Å². The predicted octanol–water partition coefficient (Wildman–Crippen LogP) is -0.115. The first-order valence-corrected chi connectivity index (χ1v) is 5.88. The van der Waals surface area contributed by atoms with Crippen molar-refractivity contribution in [3.8, 4) is 0 Å². The summed E-state index contributed by atoms with van der Waals surface area (Å²) in [6.07, 6.45) is 4.15. The van der Waals surface area contributed by atoms with Gasteiger partial charge in [-0.1, -0.05) is 6.42 Å². The number of nitrogens with zero attached hydrogens (tertiary/aromatic N) is 1. The van der Waals surface area contributed by atoms with Crippen LogP contribution < -0.4 is 10.6 Å². The van der Waals surface area contributed by atoms with Crippen LogP contribution >= 0.6 is 0 Å². The van der Waals surface area contributed by atoms with Gasteiger partial charge in [-0.25, -0.2) is 4.79 Å². The maximum absolute atomic E-state index is 11.4. The Labute approximate surface area is 101 Å². The van der Waals surface area contributed by atoms with Gasteiger partial charge in [-0.15, -0.1) is 0 Å². The Morgan fingerprint density at radius 2 is 2.18 bits per heavy atom. The average molecular weight is 241 g/mol. The average Bonchev–Trinajstić information content (AvgIpc) is 2.36. The molecule has 0 saturated carbocycles. The standard InChI is InChI=1S/C11H19N3O3/c1-12-11(17)13-10(16)5-7-14-6-3-2-4-9(14)8-15/h8-9H,2-7H2,1H3,(H2,12,13,16,17). The van der Waals surface area contributed by atoms with Crippen molar-refractivity contribution in [3.05, 3.63) is 0 Å². The van der Waals surface area contributed by atoms with Gasteiger partial charge in [0.05, 0.1) is 6.04 Å². The second-order valence-electron chi connectivity index (χ2n) is 4.11. The number of carbonyl (C=O) groups is 3. The number of piperidine rings is 1. The van der Waals surface area contributed by atoms with E-state index >= 15 is 0 Å². The third-order valence-corrected chi connectivity index (χ3v) is 2.93. The molecule has 0 aromatic carbocycles. The molecular formula is C11H19N3O3. The van der Waals surface area contributed by atoms with Gasteiger partial charge in [0.25, 0.3) is 0 Å². The molecule has 1 unspecified atom stereocenters. The number of likely N-dealkylation sites (tertiary alicyclic amines) is 1. The summed E-state index contributed by atoms with van der Waals surface area (Å²) in [5.41, 5.74) is 0. The Bertz CT molecular complexity index is 294. The smallest absolute Gasteiger partial charge is 0.321 e. The third-order valence-electron chi connectivity index (χ3n) is 2.93. The Morgan fingerprint density at radius 1 is 1.41 bits per heavy atom. The Kier molecular flexibility index (Phi) is 5.62. The van der Waals surface area contributed by atoms with Crippen molar-refractivity contribution >= 4 is 18.2 Å². The SMILES string of the molecule is CNC(=O)NC(=O)CCN1CCCCC1C=O. The summed E-state index contributed by atoms with van der Waals surface area (Å²) in [5.74, 6) is -0.320. The fourth-order valence-corrected chi connectivity index (χ4v) is 1.95. The van der Waals surface area contributed by atoms with Gasteiger partial charge in [0, 0.05) is 20.0 Å². The summed E-state index contributed by atoms with van der Waals surface area (Å²) >= 11 is 0. The fourth-order valence-electron chi connectivity index (χ4n) is 1.95. The molecule has 0 aromatic rings. The quantitative estimate of drug-likeness (QED) is 0.673. The molecule has 1 rings (SSSR count). The van der Waals surface area contributed by atoms with Gasteiger partial charge in [0.2, 0.25) is 5.91 Å². The normalized spacial score (nSPS) is 20.6. The molecule has 0 bridgehead atoms. The minimum Gasteiger partial charge on any atom is -0.341 e. The molecule has 0 spiro atoms. The monoisotopic (exact) mass is 241 g/mol. The van der Waals surface area contributed by atoms with Gasteiger partial charge < -0.3 is 10.1 Å². The van der Waals surface area contributed by atoms with E-state index in [1.807, 2.05) is 4.90 Å². The molecule has 0 aliphatic carbocycles. The molecule has 1 saturated heterocycles. The zero-order valence-electron chi connectivity index (χ0n) is 10.1. The van der Waals surface area contributed by atoms with Crippen molar-refractivity contribution in [1.29, 1.82) is 0 Å². The number of rotatable bonds is 4. The van der Waals surface area contributed by atoms with Crippen LogP contribution in [0.25, 0.3) is 0 Å². The molecule has 0 radical (unpaired) electrons. The van der Waals surface area contributed by atoms with Gasteiger partial charge >= 0.3 is 6.03 Å². The van der Waals surface area contributed by atoms with Crippen molar-refractivity contribution in [2.24, 2.45) is 0 Å². The van der Waals surface area contributed by atoms with Crippen molar-refractivity contribution in [1.82, 2.24) is 15.5 Å². The van der Waals surface area contributed by atoms with Crippen LogP contribution in [0.1, 0.15) is 25.7 Å². The van der Waals surface area contributed by atoms with Gasteiger partial charge in [0.15, 0.2) is 0 Å². The second-order valence-corrected chi connectivity index (χ2v) is 4.11. The molecule has 6 nitrogen and oxygen atoms in total. The highest BCUT2D eigenvalue weighted by atomic mass is 16.2. The van der Waals surface area contributed by atoms with Crippen LogP contribution in [0.2, 0.25) is 0 Å². The first-order valence-electron chi connectivity index (χ1n) is 5.88. The fraction of sp³-hybridized carbons (Fsp3) is 0.727. The van der Waals surface area contributed by atoms with Crippen LogP contribution in [0.15, 0.2) is 0 Å². The lowest BCUT2D eigenvalue weighted by atomic mass is 10.0. The van der Waals surface area contributed by atoms with Crippen LogP contribution in [0.4, 0.5) is 4.79 Å². The third kappa shape index (κ3) is 4.52. The van der Waals surface area contributed by atoms with E-state index in [1.54, 1.807) is 0 Å². The number of hydrogen-bond acceptors (Lipinski definition) is 4. The molecule has 1 aliphatic heterocycles. The second kappa shape index (κ2) is 7.01.